The monoisotopic (exact) mass is 274 g/mol. The third-order valence-corrected chi connectivity index (χ3v) is 3.24. The second-order valence-corrected chi connectivity index (χ2v) is 4.17. The minimum absolute atomic E-state index is 0.201. The Morgan fingerprint density at radius 1 is 1.47 bits per heavy atom. The molecule has 0 bridgehead atoms. The molecule has 3 heteroatoms. The molecule has 0 aliphatic carbocycles. The number of ether oxygens (including phenoxy) is 1. The molecule has 0 saturated carbocycles. The molecule has 1 nitrogen and oxygen atoms in total. The Bertz CT molecular complexity index is 314. The lowest BCUT2D eigenvalue weighted by Crippen LogP contribution is -2.03. The molecule has 1 rings (SSSR count). The third-order valence-electron chi connectivity index (χ3n) is 2.45. The van der Waals surface area contributed by atoms with Crippen molar-refractivity contribution in [1.82, 2.24) is 0 Å². The highest BCUT2D eigenvalue weighted by atomic mass is 79.9. The lowest BCUT2D eigenvalue weighted by Gasteiger charge is -2.16. The van der Waals surface area contributed by atoms with Crippen LogP contribution in [0.5, 0.6) is 5.75 Å². The van der Waals surface area contributed by atoms with Crippen molar-refractivity contribution in [3.8, 4) is 5.75 Å². The number of rotatable bonds is 5. The highest BCUT2D eigenvalue weighted by Crippen LogP contribution is 2.31. The minimum Gasteiger partial charge on any atom is -0.496 e. The Morgan fingerprint density at radius 2 is 2.20 bits per heavy atom. The fraction of sp³-hybridized carbons (Fsp3) is 0.500. The molecule has 0 saturated heterocycles. The number of alkyl halides is 1. The summed E-state index contributed by atoms with van der Waals surface area (Å²) in [5, 5.41) is 0.834. The van der Waals surface area contributed by atoms with Gasteiger partial charge in [-0.15, -0.1) is 0 Å². The maximum absolute atomic E-state index is 13.1. The summed E-state index contributed by atoms with van der Waals surface area (Å²) in [5.74, 6) is 0.891. The van der Waals surface area contributed by atoms with E-state index < -0.39 is 0 Å². The second-order valence-electron chi connectivity index (χ2n) is 3.53. The van der Waals surface area contributed by atoms with Crippen molar-refractivity contribution < 1.29 is 9.13 Å². The summed E-state index contributed by atoms with van der Waals surface area (Å²) in [4.78, 5) is 0. The summed E-state index contributed by atoms with van der Waals surface area (Å²) in [6, 6.07) is 4.69. The summed E-state index contributed by atoms with van der Waals surface area (Å²) in [7, 11) is 1.62. The van der Waals surface area contributed by atoms with Gasteiger partial charge in [0.25, 0.3) is 0 Å². The largest absolute Gasteiger partial charge is 0.496 e. The smallest absolute Gasteiger partial charge is 0.123 e. The Hall–Kier alpha value is -0.570. The van der Waals surface area contributed by atoms with Crippen molar-refractivity contribution in [2.75, 3.05) is 12.4 Å². The highest BCUT2D eigenvalue weighted by molar-refractivity contribution is 9.09. The predicted octanol–water partition coefficient (Wildman–Crippen LogP) is 4.11. The van der Waals surface area contributed by atoms with E-state index in [1.165, 1.54) is 6.07 Å². The van der Waals surface area contributed by atoms with Crippen LogP contribution in [0.2, 0.25) is 0 Å². The first-order chi connectivity index (χ1) is 7.22. The van der Waals surface area contributed by atoms with Crippen LogP contribution in [0.4, 0.5) is 4.39 Å². The van der Waals surface area contributed by atoms with Crippen molar-refractivity contribution in [1.29, 1.82) is 0 Å². The summed E-state index contributed by atoms with van der Waals surface area (Å²) in [6.45, 7) is 2.13. The molecule has 0 spiro atoms. The van der Waals surface area contributed by atoms with Crippen molar-refractivity contribution in [2.45, 2.75) is 25.7 Å². The summed E-state index contributed by atoms with van der Waals surface area (Å²) < 4.78 is 18.4. The van der Waals surface area contributed by atoms with Gasteiger partial charge in [-0.1, -0.05) is 29.3 Å². The molecular weight excluding hydrogens is 259 g/mol. The number of halogens is 2. The molecule has 0 aliphatic heterocycles. The third kappa shape index (κ3) is 3.20. The van der Waals surface area contributed by atoms with E-state index >= 15 is 0 Å². The highest BCUT2D eigenvalue weighted by Gasteiger charge is 2.15. The van der Waals surface area contributed by atoms with Crippen LogP contribution in [0.1, 0.15) is 31.2 Å². The van der Waals surface area contributed by atoms with E-state index in [-0.39, 0.29) is 5.82 Å². The van der Waals surface area contributed by atoms with Gasteiger partial charge in [0.05, 0.1) is 7.11 Å². The molecule has 1 unspecified atom stereocenters. The first-order valence-corrected chi connectivity index (χ1v) is 6.24. The van der Waals surface area contributed by atoms with Gasteiger partial charge in [0.1, 0.15) is 11.6 Å². The van der Waals surface area contributed by atoms with Crippen LogP contribution < -0.4 is 4.74 Å². The molecule has 0 amide bonds. The molecule has 1 aromatic rings. The molecule has 1 aromatic carbocycles. The van der Waals surface area contributed by atoms with Gasteiger partial charge in [0.15, 0.2) is 0 Å². The Balaban J connectivity index is 3.02. The van der Waals surface area contributed by atoms with Gasteiger partial charge in [0.2, 0.25) is 0 Å². The Morgan fingerprint density at radius 3 is 2.73 bits per heavy atom. The second kappa shape index (κ2) is 6.11. The normalized spacial score (nSPS) is 12.5. The zero-order chi connectivity index (χ0) is 11.3. The molecule has 0 radical (unpaired) electrons. The standard InChI is InChI=1S/C12H16BrFO/c1-3-4-9(8-13)11-7-10(14)5-6-12(11)15-2/h5-7,9H,3-4,8H2,1-2H3. The molecule has 1 atom stereocenters. The van der Waals surface area contributed by atoms with Crippen molar-refractivity contribution in [3.05, 3.63) is 29.6 Å². The fourth-order valence-corrected chi connectivity index (χ4v) is 2.36. The van der Waals surface area contributed by atoms with Gasteiger partial charge in [0, 0.05) is 10.9 Å². The Kier molecular flexibility index (Phi) is 5.09. The van der Waals surface area contributed by atoms with E-state index in [9.17, 15) is 4.39 Å². The average Bonchev–Trinajstić information content (AvgIpc) is 2.26. The maximum Gasteiger partial charge on any atom is 0.123 e. The zero-order valence-corrected chi connectivity index (χ0v) is 10.7. The predicted molar refractivity (Wildman–Crippen MR) is 64.4 cm³/mol. The van der Waals surface area contributed by atoms with Gasteiger partial charge in [-0.05, 0) is 30.5 Å². The van der Waals surface area contributed by atoms with Crippen LogP contribution in [0.15, 0.2) is 18.2 Å². The van der Waals surface area contributed by atoms with Crippen LogP contribution in [-0.2, 0) is 0 Å². The molecular formula is C12H16BrFO. The van der Waals surface area contributed by atoms with E-state index in [4.69, 9.17) is 4.74 Å². The molecule has 0 heterocycles. The van der Waals surface area contributed by atoms with Crippen LogP contribution in [0, 0.1) is 5.82 Å². The topological polar surface area (TPSA) is 9.23 Å². The van der Waals surface area contributed by atoms with E-state index in [0.29, 0.717) is 5.92 Å². The molecule has 0 N–H and O–H groups in total. The van der Waals surface area contributed by atoms with Crippen LogP contribution in [0.25, 0.3) is 0 Å². The van der Waals surface area contributed by atoms with E-state index in [2.05, 4.69) is 22.9 Å². The van der Waals surface area contributed by atoms with Gasteiger partial charge < -0.3 is 4.74 Å². The first-order valence-electron chi connectivity index (χ1n) is 5.12. The van der Waals surface area contributed by atoms with Crippen LogP contribution in [0.3, 0.4) is 0 Å². The van der Waals surface area contributed by atoms with Crippen molar-refractivity contribution >= 4 is 15.9 Å². The van der Waals surface area contributed by atoms with Gasteiger partial charge in [-0.25, -0.2) is 4.39 Å². The molecule has 0 fully saturated rings. The zero-order valence-electron chi connectivity index (χ0n) is 9.09. The van der Waals surface area contributed by atoms with Gasteiger partial charge in [-0.3, -0.25) is 0 Å². The van der Waals surface area contributed by atoms with Crippen LogP contribution in [-0.4, -0.2) is 12.4 Å². The lowest BCUT2D eigenvalue weighted by atomic mass is 9.95. The maximum atomic E-state index is 13.1. The Labute approximate surface area is 98.8 Å². The van der Waals surface area contributed by atoms with E-state index in [0.717, 1.165) is 29.5 Å². The number of benzene rings is 1. The molecule has 0 aromatic heterocycles. The summed E-state index contributed by atoms with van der Waals surface area (Å²) >= 11 is 3.46. The van der Waals surface area contributed by atoms with Gasteiger partial charge >= 0.3 is 0 Å². The van der Waals surface area contributed by atoms with E-state index in [1.807, 2.05) is 0 Å². The van der Waals surface area contributed by atoms with Crippen molar-refractivity contribution in [3.63, 3.8) is 0 Å². The SMILES string of the molecule is CCCC(CBr)c1cc(F)ccc1OC. The quantitative estimate of drug-likeness (QED) is 0.735. The summed E-state index contributed by atoms with van der Waals surface area (Å²) in [5.41, 5.74) is 0.955. The molecule has 0 aliphatic rings. The first kappa shape index (κ1) is 12.5. The summed E-state index contributed by atoms with van der Waals surface area (Å²) in [6.07, 6.45) is 2.11. The van der Waals surface area contributed by atoms with Crippen molar-refractivity contribution in [2.24, 2.45) is 0 Å². The minimum atomic E-state index is -0.201. The van der Waals surface area contributed by atoms with Crippen LogP contribution >= 0.6 is 15.9 Å². The number of hydrogen-bond acceptors (Lipinski definition) is 1. The number of hydrogen-bond donors (Lipinski definition) is 0. The average molecular weight is 275 g/mol. The molecule has 15 heavy (non-hydrogen) atoms. The molecule has 84 valence electrons. The van der Waals surface area contributed by atoms with E-state index in [1.54, 1.807) is 19.2 Å². The fourth-order valence-electron chi connectivity index (χ4n) is 1.69. The van der Waals surface area contributed by atoms with Gasteiger partial charge in [-0.2, -0.15) is 0 Å². The number of methoxy groups -OCH3 is 1. The lowest BCUT2D eigenvalue weighted by molar-refractivity contribution is 0.404.